The Morgan fingerprint density at radius 1 is 1.17 bits per heavy atom. The third-order valence-corrected chi connectivity index (χ3v) is 8.26. The van der Waals surface area contributed by atoms with Crippen molar-refractivity contribution in [2.45, 2.75) is 18.9 Å². The van der Waals surface area contributed by atoms with Crippen molar-refractivity contribution in [3.8, 4) is 10.6 Å². The van der Waals surface area contributed by atoms with Gasteiger partial charge >= 0.3 is 0 Å². The van der Waals surface area contributed by atoms with Crippen molar-refractivity contribution in [1.82, 2.24) is 25.5 Å². The Labute approximate surface area is 238 Å². The molecule has 2 aromatic heterocycles. The monoisotopic (exact) mass is 590 g/mol. The molecule has 6 rings (SSSR count). The lowest BCUT2D eigenvalue weighted by Gasteiger charge is -2.17. The predicted molar refractivity (Wildman–Crippen MR) is 155 cm³/mol. The summed E-state index contributed by atoms with van der Waals surface area (Å²) in [5.74, 6) is 2.17. The second-order valence-corrected chi connectivity index (χ2v) is 10.8. The van der Waals surface area contributed by atoms with Crippen LogP contribution < -0.4 is 16.0 Å². The molecule has 3 N–H and O–H groups in total. The molecule has 36 heavy (non-hydrogen) atoms. The number of likely N-dealkylation sites (tertiary alicyclic amines) is 1. The molecule has 1 saturated carbocycles. The number of anilines is 1. The maximum atomic E-state index is 12.7. The fourth-order valence-corrected chi connectivity index (χ4v) is 6.29. The highest BCUT2D eigenvalue weighted by atomic mass is 35.5. The van der Waals surface area contributed by atoms with Crippen molar-refractivity contribution in [3.63, 3.8) is 0 Å². The van der Waals surface area contributed by atoms with Gasteiger partial charge in [-0.3, -0.25) is 4.79 Å². The van der Waals surface area contributed by atoms with E-state index in [-0.39, 0.29) is 43.1 Å². The Hall–Kier alpha value is -1.39. The Bertz CT molecular complexity index is 1190. The Kier molecular flexibility index (Phi) is 10.1. The van der Waals surface area contributed by atoms with E-state index in [4.69, 9.17) is 16.6 Å². The SMILES string of the molecule is Cl.Cl.Cl.O=C(NC1CC1)c1cccc2sc(-c3nc(NCCN4CC5CNCC5C4)ncc3Cl)cc12. The summed E-state index contributed by atoms with van der Waals surface area (Å²) in [4.78, 5) is 25.3. The minimum absolute atomic E-state index is 0. The van der Waals surface area contributed by atoms with Crippen LogP contribution in [0.2, 0.25) is 5.02 Å². The van der Waals surface area contributed by atoms with Crippen LogP contribution in [0.1, 0.15) is 23.2 Å². The maximum absolute atomic E-state index is 12.7. The van der Waals surface area contributed by atoms with E-state index in [0.29, 0.717) is 28.3 Å². The summed E-state index contributed by atoms with van der Waals surface area (Å²) < 4.78 is 1.05. The van der Waals surface area contributed by atoms with Gasteiger partial charge < -0.3 is 20.9 Å². The topological polar surface area (TPSA) is 82.2 Å². The predicted octanol–water partition coefficient (Wildman–Crippen LogP) is 4.73. The standard InChI is InChI=1S/C24H27ClN6OS.3ClH/c25-19-11-28-24(27-6-7-31-12-14-9-26-10-15(14)13-31)30-22(19)21-8-18-17(2-1-3-20(18)33-21)23(32)29-16-4-5-16;;;/h1-3,8,11,14-16,26H,4-7,9-10,12-13H2,(H,29,32)(H,27,28,30);3*1H. The lowest BCUT2D eigenvalue weighted by Crippen LogP contribution is -2.30. The number of halogens is 4. The molecule has 2 aliphatic heterocycles. The maximum Gasteiger partial charge on any atom is 0.252 e. The third-order valence-electron chi connectivity index (χ3n) is 6.87. The average molecular weight is 592 g/mol. The molecule has 0 bridgehead atoms. The number of nitrogens with one attached hydrogen (secondary N) is 3. The number of carbonyl (C=O) groups excluding carboxylic acids is 1. The van der Waals surface area contributed by atoms with Crippen molar-refractivity contribution in [2.24, 2.45) is 11.8 Å². The van der Waals surface area contributed by atoms with E-state index in [9.17, 15) is 4.79 Å². The van der Waals surface area contributed by atoms with E-state index >= 15 is 0 Å². The number of hydrogen-bond acceptors (Lipinski definition) is 7. The number of amides is 1. The van der Waals surface area contributed by atoms with Crippen molar-refractivity contribution in [3.05, 3.63) is 41.0 Å². The summed E-state index contributed by atoms with van der Waals surface area (Å²) in [5, 5.41) is 11.4. The number of carbonyl (C=O) groups is 1. The van der Waals surface area contributed by atoms with Crippen LogP contribution in [0, 0.1) is 11.8 Å². The van der Waals surface area contributed by atoms with Gasteiger partial charge in [-0.15, -0.1) is 48.6 Å². The number of rotatable bonds is 7. The molecule has 3 aromatic rings. The molecule has 3 aliphatic rings. The molecule has 1 amide bonds. The van der Waals surface area contributed by atoms with Crippen molar-refractivity contribution in [2.75, 3.05) is 44.6 Å². The number of benzene rings is 1. The summed E-state index contributed by atoms with van der Waals surface area (Å²) >= 11 is 8.09. The Morgan fingerprint density at radius 2 is 1.92 bits per heavy atom. The normalized spacial score (nSPS) is 20.7. The summed E-state index contributed by atoms with van der Waals surface area (Å²) in [5.41, 5.74) is 1.40. The molecular weight excluding hydrogens is 562 g/mol. The zero-order valence-corrected chi connectivity index (χ0v) is 23.6. The summed E-state index contributed by atoms with van der Waals surface area (Å²) in [6.45, 7) is 6.42. The van der Waals surface area contributed by atoms with Crippen LogP contribution in [0.15, 0.2) is 30.5 Å². The first-order valence-electron chi connectivity index (χ1n) is 11.7. The van der Waals surface area contributed by atoms with Gasteiger partial charge in [0.15, 0.2) is 0 Å². The van der Waals surface area contributed by atoms with Crippen LogP contribution in [0.5, 0.6) is 0 Å². The first-order chi connectivity index (χ1) is 16.1. The van der Waals surface area contributed by atoms with Gasteiger partial charge in [0, 0.05) is 47.9 Å². The van der Waals surface area contributed by atoms with Crippen molar-refractivity contribution < 1.29 is 4.79 Å². The molecular formula is C24H30Cl4N6OS. The minimum atomic E-state index is -0.00887. The second kappa shape index (κ2) is 12.4. The average Bonchev–Trinajstić information content (AvgIpc) is 3.18. The van der Waals surface area contributed by atoms with Crippen LogP contribution in [-0.2, 0) is 0 Å². The van der Waals surface area contributed by atoms with Crippen LogP contribution in [0.3, 0.4) is 0 Å². The van der Waals surface area contributed by atoms with E-state index in [1.54, 1.807) is 17.5 Å². The van der Waals surface area contributed by atoms with Crippen LogP contribution in [-0.4, -0.2) is 66.1 Å². The first kappa shape index (κ1) is 29.2. The fraction of sp³-hybridized carbons (Fsp3) is 0.458. The third kappa shape index (κ3) is 6.18. The summed E-state index contributed by atoms with van der Waals surface area (Å²) in [6.07, 6.45) is 3.79. The number of hydrogen-bond donors (Lipinski definition) is 3. The molecule has 1 aromatic carbocycles. The molecule has 0 spiro atoms. The lowest BCUT2D eigenvalue weighted by molar-refractivity contribution is 0.0953. The van der Waals surface area contributed by atoms with Gasteiger partial charge in [0.25, 0.3) is 5.91 Å². The number of aromatic nitrogens is 2. The molecule has 12 heteroatoms. The molecule has 196 valence electrons. The van der Waals surface area contributed by atoms with Gasteiger partial charge in [-0.1, -0.05) is 17.7 Å². The van der Waals surface area contributed by atoms with Gasteiger partial charge in [-0.25, -0.2) is 9.97 Å². The van der Waals surface area contributed by atoms with Gasteiger partial charge in [0.1, 0.15) is 5.69 Å². The van der Waals surface area contributed by atoms with Gasteiger partial charge in [-0.2, -0.15) is 0 Å². The largest absolute Gasteiger partial charge is 0.353 e. The van der Waals surface area contributed by atoms with Gasteiger partial charge in [0.05, 0.1) is 16.1 Å². The lowest BCUT2D eigenvalue weighted by atomic mass is 10.0. The summed E-state index contributed by atoms with van der Waals surface area (Å²) in [7, 11) is 0. The molecule has 2 atom stereocenters. The number of thiophene rings is 1. The molecule has 2 saturated heterocycles. The number of fused-ring (bicyclic) bond motifs is 2. The summed E-state index contributed by atoms with van der Waals surface area (Å²) in [6, 6.07) is 8.20. The fourth-order valence-electron chi connectivity index (χ4n) is 4.95. The zero-order valence-electron chi connectivity index (χ0n) is 19.5. The van der Waals surface area contributed by atoms with Crippen molar-refractivity contribution >= 4 is 82.1 Å². The number of nitrogens with zero attached hydrogens (tertiary/aromatic N) is 3. The second-order valence-electron chi connectivity index (χ2n) is 9.33. The zero-order chi connectivity index (χ0) is 22.4. The highest BCUT2D eigenvalue weighted by Gasteiger charge is 2.35. The molecule has 0 radical (unpaired) electrons. The van der Waals surface area contributed by atoms with E-state index in [0.717, 1.165) is 65.8 Å². The Morgan fingerprint density at radius 3 is 2.64 bits per heavy atom. The van der Waals surface area contributed by atoms with Crippen LogP contribution >= 0.6 is 60.2 Å². The van der Waals surface area contributed by atoms with E-state index in [2.05, 4.69) is 25.8 Å². The molecule has 3 fully saturated rings. The smallest absolute Gasteiger partial charge is 0.252 e. The van der Waals surface area contributed by atoms with Gasteiger partial charge in [0.2, 0.25) is 5.95 Å². The highest BCUT2D eigenvalue weighted by molar-refractivity contribution is 7.22. The molecule has 2 unspecified atom stereocenters. The molecule has 7 nitrogen and oxygen atoms in total. The van der Waals surface area contributed by atoms with Crippen molar-refractivity contribution in [1.29, 1.82) is 0 Å². The molecule has 4 heterocycles. The quantitative estimate of drug-likeness (QED) is 0.368. The highest BCUT2D eigenvalue weighted by Crippen LogP contribution is 2.37. The van der Waals surface area contributed by atoms with Crippen LogP contribution in [0.25, 0.3) is 20.7 Å². The van der Waals surface area contributed by atoms with Gasteiger partial charge in [-0.05, 0) is 56.0 Å². The van der Waals surface area contributed by atoms with E-state index < -0.39 is 0 Å². The van der Waals surface area contributed by atoms with Crippen LogP contribution in [0.4, 0.5) is 5.95 Å². The Balaban J connectivity index is 0.00000120. The minimum Gasteiger partial charge on any atom is -0.353 e. The first-order valence-corrected chi connectivity index (χ1v) is 12.9. The molecule has 1 aliphatic carbocycles. The van der Waals surface area contributed by atoms with E-state index in [1.165, 1.54) is 13.1 Å². The van der Waals surface area contributed by atoms with E-state index in [1.807, 2.05) is 24.3 Å².